The number of para-hydroxylation sites is 1. The molecule has 0 unspecified atom stereocenters. The number of aromatic nitrogens is 3. The summed E-state index contributed by atoms with van der Waals surface area (Å²) in [6.07, 6.45) is 4.21. The molecule has 3 aromatic rings. The molecule has 0 saturated heterocycles. The van der Waals surface area contributed by atoms with Gasteiger partial charge in [-0.1, -0.05) is 30.0 Å². The van der Waals surface area contributed by atoms with Crippen molar-refractivity contribution in [2.75, 3.05) is 17.2 Å². The highest BCUT2D eigenvalue weighted by molar-refractivity contribution is 8.04. The van der Waals surface area contributed by atoms with Gasteiger partial charge in [0.1, 0.15) is 11.6 Å². The Morgan fingerprint density at radius 2 is 1.96 bits per heavy atom. The number of rotatable bonds is 5. The summed E-state index contributed by atoms with van der Waals surface area (Å²) in [6.45, 7) is 0.664. The quantitative estimate of drug-likeness (QED) is 0.656. The van der Waals surface area contributed by atoms with Gasteiger partial charge in [-0.15, -0.1) is 0 Å². The number of allylic oxidation sites excluding steroid dienone is 1. The first-order valence-corrected chi connectivity index (χ1v) is 9.30. The molecule has 0 amide bonds. The Morgan fingerprint density at radius 3 is 2.78 bits per heavy atom. The monoisotopic (exact) mass is 372 g/mol. The lowest BCUT2D eigenvalue weighted by Gasteiger charge is -2.07. The number of fused-ring (bicyclic) bond motifs is 1. The molecule has 132 valence electrons. The van der Waals surface area contributed by atoms with Crippen molar-refractivity contribution < 1.29 is 0 Å². The molecule has 3 heterocycles. The smallest absolute Gasteiger partial charge is 0.223 e. The molecule has 1 aliphatic heterocycles. The predicted molar refractivity (Wildman–Crippen MR) is 107 cm³/mol. The maximum atomic E-state index is 9.68. The lowest BCUT2D eigenvalue weighted by Crippen LogP contribution is -2.09. The van der Waals surface area contributed by atoms with E-state index in [9.17, 15) is 5.26 Å². The van der Waals surface area contributed by atoms with Crippen molar-refractivity contribution in [2.24, 2.45) is 0 Å². The summed E-state index contributed by atoms with van der Waals surface area (Å²) < 4.78 is 0. The van der Waals surface area contributed by atoms with E-state index in [0.29, 0.717) is 23.8 Å². The molecule has 0 saturated carbocycles. The Kier molecular flexibility index (Phi) is 4.99. The van der Waals surface area contributed by atoms with Gasteiger partial charge in [-0.3, -0.25) is 4.98 Å². The summed E-state index contributed by atoms with van der Waals surface area (Å²) in [5.41, 5.74) is 3.11. The lowest BCUT2D eigenvalue weighted by atomic mass is 10.2. The van der Waals surface area contributed by atoms with E-state index in [0.717, 1.165) is 27.7 Å². The van der Waals surface area contributed by atoms with Crippen LogP contribution in [0, 0.1) is 11.3 Å². The molecule has 0 fully saturated rings. The van der Waals surface area contributed by atoms with E-state index >= 15 is 0 Å². The fraction of sp³-hybridized carbons (Fsp3) is 0.100. The highest BCUT2D eigenvalue weighted by Crippen LogP contribution is 2.43. The van der Waals surface area contributed by atoms with Gasteiger partial charge in [-0.25, -0.2) is 9.97 Å². The first-order chi connectivity index (χ1) is 13.3. The minimum atomic E-state index is 0.497. The van der Waals surface area contributed by atoms with Gasteiger partial charge in [0.05, 0.1) is 16.4 Å². The minimum Gasteiger partial charge on any atom is -0.354 e. The summed E-state index contributed by atoms with van der Waals surface area (Å²) in [5, 5.41) is 17.0. The molecule has 7 heteroatoms. The van der Waals surface area contributed by atoms with Crippen molar-refractivity contribution in [2.45, 2.75) is 11.3 Å². The van der Waals surface area contributed by atoms with Gasteiger partial charge in [0.25, 0.3) is 0 Å². The topological polar surface area (TPSA) is 86.5 Å². The molecule has 0 bridgehead atoms. The normalized spacial score (nSPS) is 14.0. The summed E-state index contributed by atoms with van der Waals surface area (Å²) >= 11 is 1.54. The SMILES string of the molecule is N#C/C(=C1/Nc2ccccc2S1)c1ccnc(NCCc2ccccn2)n1. The average molecular weight is 372 g/mol. The molecule has 2 aromatic heterocycles. The Labute approximate surface area is 161 Å². The van der Waals surface area contributed by atoms with Crippen LogP contribution in [0.2, 0.25) is 0 Å². The van der Waals surface area contributed by atoms with Crippen molar-refractivity contribution >= 4 is 29.0 Å². The van der Waals surface area contributed by atoms with Crippen molar-refractivity contribution in [3.63, 3.8) is 0 Å². The molecule has 27 heavy (non-hydrogen) atoms. The number of hydrogen-bond acceptors (Lipinski definition) is 7. The Morgan fingerprint density at radius 1 is 1.07 bits per heavy atom. The van der Waals surface area contributed by atoms with Gasteiger partial charge in [-0.05, 0) is 30.3 Å². The summed E-state index contributed by atoms with van der Waals surface area (Å²) in [6, 6.07) is 17.8. The van der Waals surface area contributed by atoms with Gasteiger partial charge in [0, 0.05) is 35.9 Å². The maximum absolute atomic E-state index is 9.68. The molecular weight excluding hydrogens is 356 g/mol. The fourth-order valence-electron chi connectivity index (χ4n) is 2.69. The molecule has 6 nitrogen and oxygen atoms in total. The van der Waals surface area contributed by atoms with E-state index in [1.54, 1.807) is 30.2 Å². The van der Waals surface area contributed by atoms with Crippen LogP contribution < -0.4 is 10.6 Å². The Hall–Kier alpha value is -3.37. The van der Waals surface area contributed by atoms with E-state index < -0.39 is 0 Å². The summed E-state index contributed by atoms with van der Waals surface area (Å²) in [7, 11) is 0. The van der Waals surface area contributed by atoms with E-state index in [1.165, 1.54) is 0 Å². The number of pyridine rings is 1. The van der Waals surface area contributed by atoms with Crippen LogP contribution in [0.4, 0.5) is 11.6 Å². The largest absolute Gasteiger partial charge is 0.354 e. The van der Waals surface area contributed by atoms with E-state index in [4.69, 9.17) is 0 Å². The van der Waals surface area contributed by atoms with Crippen molar-refractivity contribution in [1.82, 2.24) is 15.0 Å². The molecule has 0 atom stereocenters. The first kappa shape index (κ1) is 17.1. The molecule has 0 spiro atoms. The highest BCUT2D eigenvalue weighted by Gasteiger charge is 2.20. The number of benzene rings is 1. The molecule has 0 aliphatic carbocycles. The molecule has 1 aromatic carbocycles. The standard InChI is InChI=1S/C20H16N6S/c21-13-15(19-25-17-6-1-2-7-18(17)27-19)16-9-12-24-20(26-16)23-11-8-14-5-3-4-10-22-14/h1-7,9-10,12,25H,8,11H2,(H,23,24,26)/b19-15+. The Balaban J connectivity index is 1.50. The van der Waals surface area contributed by atoms with Gasteiger partial charge >= 0.3 is 0 Å². The predicted octanol–water partition coefficient (Wildman–Crippen LogP) is 3.94. The zero-order valence-corrected chi connectivity index (χ0v) is 15.2. The maximum Gasteiger partial charge on any atom is 0.223 e. The average Bonchev–Trinajstić information content (AvgIpc) is 3.13. The van der Waals surface area contributed by atoms with E-state index in [2.05, 4.69) is 31.7 Å². The zero-order valence-electron chi connectivity index (χ0n) is 14.4. The number of hydrogen-bond donors (Lipinski definition) is 2. The van der Waals surface area contributed by atoms with Crippen LogP contribution in [-0.2, 0) is 6.42 Å². The van der Waals surface area contributed by atoms with Gasteiger partial charge in [-0.2, -0.15) is 5.26 Å². The van der Waals surface area contributed by atoms with Crippen LogP contribution >= 0.6 is 11.8 Å². The number of nitrogens with one attached hydrogen (secondary N) is 2. The fourth-order valence-corrected chi connectivity index (χ4v) is 3.69. The molecular formula is C20H16N6S. The molecule has 0 radical (unpaired) electrons. The van der Waals surface area contributed by atoms with Crippen LogP contribution in [0.5, 0.6) is 0 Å². The number of anilines is 2. The second-order valence-electron chi connectivity index (χ2n) is 5.80. The van der Waals surface area contributed by atoms with Crippen LogP contribution in [-0.4, -0.2) is 21.5 Å². The third-order valence-corrected chi connectivity index (χ3v) is 5.07. The summed E-state index contributed by atoms with van der Waals surface area (Å²) in [5.74, 6) is 0.497. The lowest BCUT2D eigenvalue weighted by molar-refractivity contribution is 0.939. The van der Waals surface area contributed by atoms with Gasteiger partial charge in [0.2, 0.25) is 5.95 Å². The summed E-state index contributed by atoms with van der Waals surface area (Å²) in [4.78, 5) is 14.2. The molecule has 2 N–H and O–H groups in total. The molecule has 4 rings (SSSR count). The number of thioether (sulfide) groups is 1. The highest BCUT2D eigenvalue weighted by atomic mass is 32.2. The van der Waals surface area contributed by atoms with Crippen LogP contribution in [0.25, 0.3) is 5.57 Å². The van der Waals surface area contributed by atoms with Crippen LogP contribution in [0.15, 0.2) is 70.8 Å². The third-order valence-electron chi connectivity index (χ3n) is 3.99. The zero-order chi connectivity index (χ0) is 18.5. The number of nitriles is 1. The third kappa shape index (κ3) is 3.91. The minimum absolute atomic E-state index is 0.497. The van der Waals surface area contributed by atoms with E-state index in [1.807, 2.05) is 42.5 Å². The van der Waals surface area contributed by atoms with Crippen LogP contribution in [0.1, 0.15) is 11.4 Å². The van der Waals surface area contributed by atoms with Gasteiger partial charge < -0.3 is 10.6 Å². The van der Waals surface area contributed by atoms with E-state index in [-0.39, 0.29) is 0 Å². The van der Waals surface area contributed by atoms with Crippen molar-refractivity contribution in [1.29, 1.82) is 5.26 Å². The second kappa shape index (κ2) is 7.89. The Bertz CT molecular complexity index is 999. The van der Waals surface area contributed by atoms with Crippen molar-refractivity contribution in [3.8, 4) is 6.07 Å². The number of nitrogens with zero attached hydrogens (tertiary/aromatic N) is 4. The first-order valence-electron chi connectivity index (χ1n) is 8.49. The molecule has 1 aliphatic rings. The second-order valence-corrected chi connectivity index (χ2v) is 6.85. The van der Waals surface area contributed by atoms with Gasteiger partial charge in [0.15, 0.2) is 0 Å². The van der Waals surface area contributed by atoms with Crippen molar-refractivity contribution in [3.05, 3.63) is 77.3 Å². The van der Waals surface area contributed by atoms with Crippen LogP contribution in [0.3, 0.4) is 0 Å².